The highest BCUT2D eigenvalue weighted by Gasteiger charge is 2.22. The molecule has 1 atom stereocenters. The molecular weight excluding hydrogens is 952 g/mol. The molecule has 0 aliphatic carbocycles. The van der Waals surface area contributed by atoms with Crippen molar-refractivity contribution in [1.82, 2.24) is 15.0 Å². The maximum absolute atomic E-state index is 14.2. The number of nitrogens with zero attached hydrogens (tertiary/aromatic N) is 2. The van der Waals surface area contributed by atoms with E-state index in [1.165, 1.54) is 20.3 Å². The number of halogens is 2. The van der Waals surface area contributed by atoms with Crippen molar-refractivity contribution in [3.63, 3.8) is 0 Å². The van der Waals surface area contributed by atoms with Gasteiger partial charge in [-0.05, 0) is 115 Å². The van der Waals surface area contributed by atoms with Crippen molar-refractivity contribution in [2.24, 2.45) is 0 Å². The number of carbonyl (C=O) groups is 3. The normalized spacial score (nSPS) is 11.3. The number of aromatic nitrogens is 3. The molecule has 344 valence electrons. The number of rotatable bonds is 21. The second-order valence-corrected chi connectivity index (χ2v) is 15.8. The molecule has 0 aliphatic rings. The van der Waals surface area contributed by atoms with Crippen molar-refractivity contribution in [2.75, 3.05) is 48.3 Å². The molecule has 0 bridgehead atoms. The number of carbonyl (C=O) groups excluding carboxylic acids is 3. The van der Waals surface area contributed by atoms with Crippen molar-refractivity contribution in [3.8, 4) is 45.8 Å². The first-order chi connectivity index (χ1) is 31.3. The highest BCUT2D eigenvalue weighted by Crippen LogP contribution is 2.37. The molecule has 16 heteroatoms. The second kappa shape index (κ2) is 23.7. The molecule has 0 saturated carbocycles. The third-order valence-electron chi connectivity index (χ3n) is 10.3. The Kier molecular flexibility index (Phi) is 18.2. The van der Waals surface area contributed by atoms with Gasteiger partial charge in [0.2, 0.25) is 0 Å². The number of aliphatic hydroxyl groups excluding tert-OH is 2. The molecule has 0 amide bonds. The van der Waals surface area contributed by atoms with Gasteiger partial charge in [-0.15, -0.1) is 0 Å². The minimum absolute atomic E-state index is 0.0286. The molecule has 14 nitrogen and oxygen atoms in total. The van der Waals surface area contributed by atoms with E-state index in [9.17, 15) is 23.9 Å². The minimum Gasteiger partial charge on any atom is -0.494 e. The fourth-order valence-electron chi connectivity index (χ4n) is 6.97. The Bertz CT molecular complexity index is 2610. The lowest BCUT2D eigenvalue weighted by Gasteiger charge is -2.14. The van der Waals surface area contributed by atoms with E-state index in [0.29, 0.717) is 89.3 Å². The summed E-state index contributed by atoms with van der Waals surface area (Å²) in [5.74, 6) is 2.09. The number of benzene rings is 3. The molecule has 0 fully saturated rings. The lowest BCUT2D eigenvalue weighted by atomic mass is 10.0. The molecule has 0 aliphatic heterocycles. The molecule has 6 rings (SSSR count). The van der Waals surface area contributed by atoms with Crippen LogP contribution in [-0.4, -0.2) is 90.8 Å². The maximum atomic E-state index is 14.2. The maximum Gasteiger partial charge on any atom is 0.181 e. The van der Waals surface area contributed by atoms with Gasteiger partial charge >= 0.3 is 0 Å². The average molecular weight is 1010 g/mol. The third kappa shape index (κ3) is 12.4. The minimum atomic E-state index is -0.823. The van der Waals surface area contributed by atoms with Gasteiger partial charge in [-0.25, -0.2) is 14.4 Å². The Morgan fingerprint density at radius 2 is 1.34 bits per heavy atom. The van der Waals surface area contributed by atoms with Crippen molar-refractivity contribution in [1.29, 1.82) is 0 Å². The molecule has 3 N–H and O–H groups in total. The number of pyridine rings is 2. The highest BCUT2D eigenvalue weighted by atomic mass is 127. The van der Waals surface area contributed by atoms with Crippen LogP contribution in [0.25, 0.3) is 22.2 Å². The van der Waals surface area contributed by atoms with Crippen LogP contribution in [0.15, 0.2) is 72.9 Å². The van der Waals surface area contributed by atoms with Crippen molar-refractivity contribution in [3.05, 3.63) is 116 Å². The van der Waals surface area contributed by atoms with Gasteiger partial charge in [-0.1, -0.05) is 19.1 Å². The van der Waals surface area contributed by atoms with Gasteiger partial charge in [0.1, 0.15) is 33.3 Å². The summed E-state index contributed by atoms with van der Waals surface area (Å²) in [6.45, 7) is 6.26. The zero-order valence-electron chi connectivity index (χ0n) is 37.4. The van der Waals surface area contributed by atoms with Crippen molar-refractivity contribution in [2.45, 2.75) is 59.0 Å². The summed E-state index contributed by atoms with van der Waals surface area (Å²) >= 11 is 2.08. The summed E-state index contributed by atoms with van der Waals surface area (Å²) in [6, 6.07) is 18.0. The van der Waals surface area contributed by atoms with Gasteiger partial charge in [0.05, 0.1) is 59.0 Å². The highest BCUT2D eigenvalue weighted by molar-refractivity contribution is 14.1. The standard InChI is InChI=1S/C28H27FN2O6.C21H26INO5/c1-16-13-21(31-27(28(16)36-3)19-15-30-26-18(19)5-4-6-20(26)29)23(34)9-8-22(33)17-7-10-24(37-12-11-32)25(14-17)35-2;1-5-10-28-18-9-6-14(12-19(18)26-3)16(24)7-8-17(25)15-11-13(2)20(27-4)21(22)23-15/h4-7,10,13-15,30,32H,8-9,11-12H2,1-3H3;6,9,11-12,17,25H,5,7-8,10H2,1-4H3. The number of hydrogen-bond acceptors (Lipinski definition) is 13. The number of H-pyrrole nitrogens is 1. The number of para-hydroxylation sites is 1. The van der Waals surface area contributed by atoms with E-state index in [4.69, 9.17) is 33.5 Å². The molecular formula is C49H53FIN3O11. The van der Waals surface area contributed by atoms with Gasteiger partial charge in [-0.3, -0.25) is 14.4 Å². The zero-order valence-corrected chi connectivity index (χ0v) is 39.5. The molecule has 0 radical (unpaired) electrons. The number of aryl methyl sites for hydroxylation is 2. The largest absolute Gasteiger partial charge is 0.494 e. The number of methoxy groups -OCH3 is 4. The number of nitrogens with one attached hydrogen (secondary N) is 1. The van der Waals surface area contributed by atoms with Crippen LogP contribution >= 0.6 is 22.6 Å². The predicted molar refractivity (Wildman–Crippen MR) is 252 cm³/mol. The molecule has 3 heterocycles. The van der Waals surface area contributed by atoms with Crippen LogP contribution in [0.3, 0.4) is 0 Å². The molecule has 3 aromatic heterocycles. The van der Waals surface area contributed by atoms with E-state index in [0.717, 1.165) is 12.0 Å². The number of aliphatic hydroxyl groups is 2. The Morgan fingerprint density at radius 3 is 1.92 bits per heavy atom. The van der Waals surface area contributed by atoms with E-state index < -0.39 is 11.9 Å². The summed E-state index contributed by atoms with van der Waals surface area (Å²) in [7, 11) is 6.10. The summed E-state index contributed by atoms with van der Waals surface area (Å²) in [5.41, 5.74) is 4.58. The first kappa shape index (κ1) is 49.9. The average Bonchev–Trinajstić information content (AvgIpc) is 3.76. The zero-order chi connectivity index (χ0) is 47.2. The lowest BCUT2D eigenvalue weighted by Crippen LogP contribution is -2.09. The fourth-order valence-corrected chi connectivity index (χ4v) is 7.89. The Hall–Kier alpha value is -6.11. The summed E-state index contributed by atoms with van der Waals surface area (Å²) in [5, 5.41) is 20.0. The molecule has 0 saturated heterocycles. The molecule has 65 heavy (non-hydrogen) atoms. The van der Waals surface area contributed by atoms with E-state index >= 15 is 0 Å². The Balaban J connectivity index is 0.000000254. The first-order valence-corrected chi connectivity index (χ1v) is 21.9. The van der Waals surface area contributed by atoms with E-state index in [1.54, 1.807) is 88.0 Å². The number of aromatic amines is 1. The van der Waals surface area contributed by atoms with Gasteiger partial charge in [-0.2, -0.15) is 0 Å². The smallest absolute Gasteiger partial charge is 0.181 e. The third-order valence-corrected chi connectivity index (χ3v) is 11.0. The monoisotopic (exact) mass is 1010 g/mol. The number of hydrogen-bond donors (Lipinski definition) is 3. The van der Waals surface area contributed by atoms with E-state index in [2.05, 4.69) is 37.5 Å². The Labute approximate surface area is 390 Å². The van der Waals surface area contributed by atoms with Crippen LogP contribution in [0.4, 0.5) is 4.39 Å². The predicted octanol–water partition coefficient (Wildman–Crippen LogP) is 9.41. The first-order valence-electron chi connectivity index (χ1n) is 20.8. The molecule has 3 aromatic carbocycles. The number of Topliss-reactive ketones (excluding diaryl/α,β-unsaturated/α-hetero) is 3. The summed E-state index contributed by atoms with van der Waals surface area (Å²) < 4.78 is 47.4. The topological polar surface area (TPSA) is 189 Å². The number of ether oxygens (including phenoxy) is 6. The van der Waals surface area contributed by atoms with Gasteiger partial charge in [0, 0.05) is 47.5 Å². The van der Waals surface area contributed by atoms with Crippen LogP contribution in [0.1, 0.15) is 93.2 Å². The second-order valence-electron chi connectivity index (χ2n) is 14.7. The van der Waals surface area contributed by atoms with Gasteiger partial charge in [0.15, 0.2) is 46.1 Å². The molecule has 1 unspecified atom stereocenters. The van der Waals surface area contributed by atoms with Crippen LogP contribution in [-0.2, 0) is 0 Å². The van der Waals surface area contributed by atoms with Crippen LogP contribution in [0.5, 0.6) is 34.5 Å². The van der Waals surface area contributed by atoms with Crippen LogP contribution in [0.2, 0.25) is 0 Å². The van der Waals surface area contributed by atoms with Crippen LogP contribution in [0, 0.1) is 23.4 Å². The number of ketones is 3. The fraction of sp³-hybridized carbons (Fsp3) is 0.327. The van der Waals surface area contributed by atoms with Gasteiger partial charge < -0.3 is 43.6 Å². The summed E-state index contributed by atoms with van der Waals surface area (Å²) in [4.78, 5) is 50.3. The van der Waals surface area contributed by atoms with Crippen LogP contribution < -0.4 is 28.4 Å². The SMILES string of the molecule is CCCOc1ccc(C(=O)CCC(O)c2cc(C)c(OC)c(I)n2)cc1OC.COc1cc(C(=O)CCC(=O)c2cc(C)c(OC)c(-c3c[nH]c4c(F)cccc34)n2)ccc1OCCO. The summed E-state index contributed by atoms with van der Waals surface area (Å²) in [6.07, 6.45) is 2.10. The van der Waals surface area contributed by atoms with Gasteiger partial charge in [0.25, 0.3) is 0 Å². The lowest BCUT2D eigenvalue weighted by molar-refractivity contribution is 0.0914. The Morgan fingerprint density at radius 1 is 0.738 bits per heavy atom. The van der Waals surface area contributed by atoms with E-state index in [-0.39, 0.29) is 61.9 Å². The molecule has 0 spiro atoms. The number of fused-ring (bicyclic) bond motifs is 1. The quantitative estimate of drug-likeness (QED) is 0.0352. The van der Waals surface area contributed by atoms with Crippen molar-refractivity contribution >= 4 is 50.8 Å². The van der Waals surface area contributed by atoms with Crippen molar-refractivity contribution < 1.29 is 57.4 Å². The van der Waals surface area contributed by atoms with E-state index in [1.807, 2.05) is 13.8 Å². The molecule has 6 aromatic rings.